The van der Waals surface area contributed by atoms with E-state index < -0.39 is 10.0 Å². The molecule has 0 radical (unpaired) electrons. The molecule has 1 heterocycles. The first-order valence-electron chi connectivity index (χ1n) is 9.51. The second-order valence-electron chi connectivity index (χ2n) is 7.36. The number of primary sulfonamides is 1. The third-order valence-corrected chi connectivity index (χ3v) is 6.41. The van der Waals surface area contributed by atoms with Crippen LogP contribution in [0.15, 0.2) is 29.2 Å². The van der Waals surface area contributed by atoms with Crippen LogP contribution in [0.2, 0.25) is 0 Å². The number of hydrogen-bond donors (Lipinski definition) is 2. The molecule has 8 nitrogen and oxygen atoms in total. The maximum Gasteiger partial charge on any atom is 0.238 e. The Hall–Kier alpha value is -2.26. The molecule has 1 aliphatic heterocycles. The van der Waals surface area contributed by atoms with Gasteiger partial charge in [-0.15, -0.1) is 0 Å². The lowest BCUT2D eigenvalue weighted by atomic mass is 9.81. The Morgan fingerprint density at radius 3 is 2.18 bits per heavy atom. The van der Waals surface area contributed by atoms with Crippen molar-refractivity contribution < 1.29 is 22.8 Å². The molecule has 1 aromatic rings. The quantitative estimate of drug-likeness (QED) is 0.639. The van der Waals surface area contributed by atoms with Gasteiger partial charge in [0.15, 0.2) is 0 Å². The van der Waals surface area contributed by atoms with Crippen molar-refractivity contribution in [3.63, 3.8) is 0 Å². The van der Waals surface area contributed by atoms with Gasteiger partial charge in [-0.05, 0) is 37.0 Å². The summed E-state index contributed by atoms with van der Waals surface area (Å²) in [5, 5.41) is 7.81. The van der Waals surface area contributed by atoms with Crippen molar-refractivity contribution >= 4 is 27.7 Å². The average Bonchev–Trinajstić information content (AvgIpc) is 2.91. The molecule has 152 valence electrons. The number of sulfonamides is 1. The number of imide groups is 1. The van der Waals surface area contributed by atoms with Gasteiger partial charge >= 0.3 is 0 Å². The van der Waals surface area contributed by atoms with Crippen LogP contribution < -0.4 is 10.5 Å². The van der Waals surface area contributed by atoms with Gasteiger partial charge in [-0.25, -0.2) is 13.6 Å². The third kappa shape index (κ3) is 4.59. The van der Waals surface area contributed by atoms with Crippen molar-refractivity contribution in [3.8, 4) is 0 Å². The number of carbonyl (C=O) groups excluding carboxylic acids is 3. The zero-order chi connectivity index (χ0) is 20.3. The molecule has 1 aromatic carbocycles. The molecule has 2 fully saturated rings. The smallest absolute Gasteiger partial charge is 0.238 e. The minimum absolute atomic E-state index is 0.0424. The molecule has 1 saturated heterocycles. The van der Waals surface area contributed by atoms with Gasteiger partial charge in [0.2, 0.25) is 27.7 Å². The predicted molar refractivity (Wildman–Crippen MR) is 101 cm³/mol. The van der Waals surface area contributed by atoms with Gasteiger partial charge in [-0.1, -0.05) is 25.0 Å². The van der Waals surface area contributed by atoms with Gasteiger partial charge in [0.25, 0.3) is 0 Å². The number of fused-ring (bicyclic) bond motifs is 1. The van der Waals surface area contributed by atoms with Gasteiger partial charge in [0, 0.05) is 19.5 Å². The van der Waals surface area contributed by atoms with Gasteiger partial charge in [0.05, 0.1) is 16.7 Å². The van der Waals surface area contributed by atoms with Crippen LogP contribution in [0.4, 0.5) is 0 Å². The van der Waals surface area contributed by atoms with E-state index in [0.29, 0.717) is 13.0 Å². The Labute approximate surface area is 164 Å². The Morgan fingerprint density at radius 2 is 1.64 bits per heavy atom. The summed E-state index contributed by atoms with van der Waals surface area (Å²) in [5.74, 6) is -0.860. The molecular formula is C19H25N3O5S. The number of amides is 3. The van der Waals surface area contributed by atoms with E-state index >= 15 is 0 Å². The lowest BCUT2D eigenvalue weighted by Gasteiger charge is -2.19. The monoisotopic (exact) mass is 407 g/mol. The third-order valence-electron chi connectivity index (χ3n) is 5.48. The normalized spacial score (nSPS) is 22.2. The zero-order valence-corrected chi connectivity index (χ0v) is 16.4. The molecule has 0 aromatic heterocycles. The fraction of sp³-hybridized carbons (Fsp3) is 0.526. The van der Waals surface area contributed by atoms with Crippen molar-refractivity contribution in [2.45, 2.75) is 43.4 Å². The lowest BCUT2D eigenvalue weighted by Crippen LogP contribution is -2.35. The maximum atomic E-state index is 12.4. The summed E-state index contributed by atoms with van der Waals surface area (Å²) in [6.07, 6.45) is 4.10. The van der Waals surface area contributed by atoms with Crippen molar-refractivity contribution in [1.29, 1.82) is 0 Å². The van der Waals surface area contributed by atoms with E-state index in [4.69, 9.17) is 5.14 Å². The number of nitrogens with two attached hydrogens (primary N) is 1. The minimum Gasteiger partial charge on any atom is -0.356 e. The molecule has 0 bridgehead atoms. The van der Waals surface area contributed by atoms with Crippen molar-refractivity contribution in [2.24, 2.45) is 17.0 Å². The number of rotatable bonds is 7. The summed E-state index contributed by atoms with van der Waals surface area (Å²) < 4.78 is 22.5. The fourth-order valence-corrected chi connectivity index (χ4v) is 4.46. The molecule has 2 aliphatic rings. The van der Waals surface area contributed by atoms with Gasteiger partial charge in [0.1, 0.15) is 0 Å². The van der Waals surface area contributed by atoms with Crippen LogP contribution in [-0.4, -0.2) is 44.1 Å². The largest absolute Gasteiger partial charge is 0.356 e. The van der Waals surface area contributed by atoms with Crippen LogP contribution in [0.25, 0.3) is 0 Å². The van der Waals surface area contributed by atoms with Crippen LogP contribution in [0.5, 0.6) is 0 Å². The first-order chi connectivity index (χ1) is 13.3. The summed E-state index contributed by atoms with van der Waals surface area (Å²) in [4.78, 5) is 38.1. The fourth-order valence-electron chi connectivity index (χ4n) is 3.95. The van der Waals surface area contributed by atoms with E-state index in [0.717, 1.165) is 31.2 Å². The highest BCUT2D eigenvalue weighted by Gasteiger charge is 2.47. The van der Waals surface area contributed by atoms with Gasteiger partial charge in [-0.3, -0.25) is 19.3 Å². The Morgan fingerprint density at radius 1 is 1.07 bits per heavy atom. The van der Waals surface area contributed by atoms with Crippen LogP contribution in [0.1, 0.15) is 37.7 Å². The lowest BCUT2D eigenvalue weighted by molar-refractivity contribution is -0.140. The van der Waals surface area contributed by atoms with Crippen LogP contribution >= 0.6 is 0 Å². The summed E-state index contributed by atoms with van der Waals surface area (Å²) in [6, 6.07) is 6.15. The Kier molecular flexibility index (Phi) is 6.14. The van der Waals surface area contributed by atoms with E-state index in [1.54, 1.807) is 12.1 Å². The van der Waals surface area contributed by atoms with Crippen LogP contribution in [0, 0.1) is 11.8 Å². The van der Waals surface area contributed by atoms with E-state index in [-0.39, 0.29) is 47.4 Å². The molecule has 2 atom stereocenters. The molecule has 3 rings (SSSR count). The number of nitrogens with one attached hydrogen (secondary N) is 1. The Bertz CT molecular complexity index is 842. The van der Waals surface area contributed by atoms with E-state index in [2.05, 4.69) is 5.32 Å². The molecular weight excluding hydrogens is 382 g/mol. The molecule has 3 amide bonds. The molecule has 1 saturated carbocycles. The Balaban J connectivity index is 1.42. The highest BCUT2D eigenvalue weighted by Crippen LogP contribution is 2.37. The molecule has 3 N–H and O–H groups in total. The van der Waals surface area contributed by atoms with Crippen molar-refractivity contribution in [2.75, 3.05) is 13.1 Å². The highest BCUT2D eigenvalue weighted by atomic mass is 32.2. The van der Waals surface area contributed by atoms with Crippen LogP contribution in [0.3, 0.4) is 0 Å². The highest BCUT2D eigenvalue weighted by molar-refractivity contribution is 7.89. The number of likely N-dealkylation sites (tertiary alicyclic amines) is 1. The molecule has 28 heavy (non-hydrogen) atoms. The zero-order valence-electron chi connectivity index (χ0n) is 15.6. The average molecular weight is 407 g/mol. The second-order valence-corrected chi connectivity index (χ2v) is 8.93. The number of nitrogens with zero attached hydrogens (tertiary/aromatic N) is 1. The summed E-state index contributed by atoms with van der Waals surface area (Å²) in [7, 11) is -3.72. The first kappa shape index (κ1) is 20.5. The summed E-state index contributed by atoms with van der Waals surface area (Å²) >= 11 is 0. The molecule has 0 unspecified atom stereocenters. The maximum absolute atomic E-state index is 12.4. The number of carbonyl (C=O) groups is 3. The topological polar surface area (TPSA) is 127 Å². The predicted octanol–water partition coefficient (Wildman–Crippen LogP) is 0.558. The standard InChI is InChI=1S/C19H25N3O5S/c20-28(26,27)14-7-5-13(6-8-14)9-11-21-17(23)10-12-22-18(24)15-3-1-2-4-16(15)19(22)25/h5-8,15-16H,1-4,9-12H2,(H,21,23)(H2,20,26,27)/t15-,16+. The second kappa shape index (κ2) is 8.40. The minimum atomic E-state index is -3.72. The number of benzene rings is 1. The molecule has 0 spiro atoms. The van der Waals surface area contributed by atoms with Crippen molar-refractivity contribution in [1.82, 2.24) is 10.2 Å². The SMILES string of the molecule is NS(=O)(=O)c1ccc(CCNC(=O)CCN2C(=O)[C@H]3CCCC[C@H]3C2=O)cc1. The molecule has 9 heteroatoms. The van der Waals surface area contributed by atoms with E-state index in [9.17, 15) is 22.8 Å². The summed E-state index contributed by atoms with van der Waals surface area (Å²) in [6.45, 7) is 0.500. The van der Waals surface area contributed by atoms with Crippen LogP contribution in [-0.2, 0) is 30.8 Å². The first-order valence-corrected chi connectivity index (χ1v) is 11.1. The molecule has 1 aliphatic carbocycles. The number of hydrogen-bond acceptors (Lipinski definition) is 5. The van der Waals surface area contributed by atoms with Gasteiger partial charge in [-0.2, -0.15) is 0 Å². The van der Waals surface area contributed by atoms with Gasteiger partial charge < -0.3 is 5.32 Å². The van der Waals surface area contributed by atoms with E-state index in [1.165, 1.54) is 17.0 Å². The van der Waals surface area contributed by atoms with E-state index in [1.807, 2.05) is 0 Å². The van der Waals surface area contributed by atoms with Crippen molar-refractivity contribution in [3.05, 3.63) is 29.8 Å². The summed E-state index contributed by atoms with van der Waals surface area (Å²) in [5.41, 5.74) is 0.863.